The minimum absolute atomic E-state index is 0.0644. The van der Waals surface area contributed by atoms with Crippen LogP contribution in [-0.2, 0) is 21.1 Å². The Morgan fingerprint density at radius 3 is 2.32 bits per heavy atom. The molecule has 3 aromatic rings. The number of amides is 3. The zero-order valence-electron chi connectivity index (χ0n) is 21.5. The Bertz CT molecular complexity index is 1430. The summed E-state index contributed by atoms with van der Waals surface area (Å²) in [6.45, 7) is 7.64. The van der Waals surface area contributed by atoms with Crippen molar-refractivity contribution in [3.63, 3.8) is 0 Å². The Hall–Kier alpha value is -3.97. The number of rotatable bonds is 8. The Balaban J connectivity index is 1.69. The van der Waals surface area contributed by atoms with E-state index in [9.17, 15) is 23.0 Å². The second-order valence-corrected chi connectivity index (χ2v) is 10.9. The number of carbonyl (C=O) groups is 3. The fourth-order valence-electron chi connectivity index (χ4n) is 3.74. The number of halogens is 1. The van der Waals surface area contributed by atoms with Gasteiger partial charge in [0.25, 0.3) is 11.8 Å². The maximum Gasteiger partial charge on any atom is 0.320 e. The summed E-state index contributed by atoms with van der Waals surface area (Å²) < 4.78 is 30.6. The van der Waals surface area contributed by atoms with E-state index in [4.69, 9.17) is 5.14 Å². The van der Waals surface area contributed by atoms with Crippen LogP contribution in [0.3, 0.4) is 0 Å². The fourth-order valence-corrected chi connectivity index (χ4v) is 4.66. The van der Waals surface area contributed by atoms with E-state index in [-0.39, 0.29) is 29.0 Å². The molecule has 4 N–H and O–H groups in total. The molecule has 0 aliphatic heterocycles. The van der Waals surface area contributed by atoms with Gasteiger partial charge in [0.1, 0.15) is 33.0 Å². The number of urea groups is 1. The van der Waals surface area contributed by atoms with E-state index in [1.54, 1.807) is 0 Å². The Kier molecular flexibility index (Phi) is 9.07. The highest BCUT2D eigenvalue weighted by Gasteiger charge is 2.20. The van der Waals surface area contributed by atoms with Crippen LogP contribution in [0.25, 0.3) is 0 Å². The number of hydrogen-bond acceptors (Lipinski definition) is 6. The average Bonchev–Trinajstić information content (AvgIpc) is 3.35. The van der Waals surface area contributed by atoms with Gasteiger partial charge < -0.3 is 5.32 Å². The highest BCUT2D eigenvalue weighted by Crippen LogP contribution is 2.28. The third-order valence-corrected chi connectivity index (χ3v) is 6.94. The predicted octanol–water partition coefficient (Wildman–Crippen LogP) is 3.60. The van der Waals surface area contributed by atoms with Crippen LogP contribution in [0.15, 0.2) is 58.2 Å². The molecule has 38 heavy (non-hydrogen) atoms. The molecule has 1 atom stereocenters. The molecule has 0 spiro atoms. The van der Waals surface area contributed by atoms with Crippen LogP contribution in [0.1, 0.15) is 61.0 Å². The zero-order valence-corrected chi connectivity index (χ0v) is 22.3. The summed E-state index contributed by atoms with van der Waals surface area (Å²) >= 11 is 0. The number of nitrogens with one attached hydrogen (secondary N) is 2. The standard InChI is InChI=1S/C25H30FN7O4S/c1-15(2)19-6-5-7-20(16(3)4)21(19)10-23(34)32-38(27,37)18-12-30-33(14-18)24(35)13-29-25(36)31-22-9-8-17(26)11-28-22/h5-9,11-12,14-16H,10,13H2,1-4H3,(H2,27,32,34,37)(H2,28,29,31,36). The molecular formula is C25H30FN7O4S. The predicted molar refractivity (Wildman–Crippen MR) is 140 cm³/mol. The van der Waals surface area contributed by atoms with Gasteiger partial charge in [0, 0.05) is 0 Å². The molecule has 2 aromatic heterocycles. The summed E-state index contributed by atoms with van der Waals surface area (Å²) in [6.07, 6.45) is 3.05. The summed E-state index contributed by atoms with van der Waals surface area (Å²) in [5, 5.41) is 14.4. The summed E-state index contributed by atoms with van der Waals surface area (Å²) in [5.41, 5.74) is 2.86. The molecule has 1 aromatic carbocycles. The molecule has 1 unspecified atom stereocenters. The Labute approximate surface area is 220 Å². The SMILES string of the molecule is CC(C)c1cccc(C(C)C)c1CC(=O)N=S(N)(=O)c1cnn(C(=O)CNC(=O)Nc2ccc(F)cn2)c1. The zero-order chi connectivity index (χ0) is 28.0. The number of hydrogen-bond donors (Lipinski definition) is 3. The van der Waals surface area contributed by atoms with E-state index >= 15 is 0 Å². The van der Waals surface area contributed by atoms with Crippen LogP contribution < -0.4 is 15.8 Å². The smallest absolute Gasteiger partial charge is 0.320 e. The number of benzene rings is 1. The van der Waals surface area contributed by atoms with Gasteiger partial charge >= 0.3 is 6.03 Å². The van der Waals surface area contributed by atoms with Crippen LogP contribution in [0, 0.1) is 5.82 Å². The minimum atomic E-state index is -3.68. The summed E-state index contributed by atoms with van der Waals surface area (Å²) in [6, 6.07) is 7.48. The van der Waals surface area contributed by atoms with Crippen LogP contribution in [0.5, 0.6) is 0 Å². The molecule has 3 rings (SSSR count). The van der Waals surface area contributed by atoms with Gasteiger partial charge in [-0.05, 0) is 40.7 Å². The van der Waals surface area contributed by atoms with Gasteiger partial charge in [0.05, 0.1) is 25.0 Å². The molecule has 0 aliphatic carbocycles. The van der Waals surface area contributed by atoms with E-state index in [2.05, 4.69) is 25.1 Å². The molecule has 11 nitrogen and oxygen atoms in total. The minimum Gasteiger partial charge on any atom is -0.329 e. The summed E-state index contributed by atoms with van der Waals surface area (Å²) in [4.78, 5) is 40.8. The Morgan fingerprint density at radius 2 is 1.74 bits per heavy atom. The monoisotopic (exact) mass is 543 g/mol. The van der Waals surface area contributed by atoms with Gasteiger partial charge in [-0.25, -0.2) is 28.2 Å². The van der Waals surface area contributed by atoms with Crippen molar-refractivity contribution < 1.29 is 23.0 Å². The van der Waals surface area contributed by atoms with Crippen molar-refractivity contribution in [3.8, 4) is 0 Å². The molecule has 3 amide bonds. The molecule has 0 saturated carbocycles. The van der Waals surface area contributed by atoms with Crippen LogP contribution in [0.2, 0.25) is 0 Å². The van der Waals surface area contributed by atoms with Crippen molar-refractivity contribution in [2.75, 3.05) is 11.9 Å². The van der Waals surface area contributed by atoms with Gasteiger partial charge in [-0.15, -0.1) is 4.36 Å². The number of pyridine rings is 1. The molecule has 0 bridgehead atoms. The lowest BCUT2D eigenvalue weighted by Gasteiger charge is -2.18. The molecular weight excluding hydrogens is 513 g/mol. The lowest BCUT2D eigenvalue weighted by atomic mass is 9.87. The van der Waals surface area contributed by atoms with E-state index in [0.717, 1.165) is 46.0 Å². The number of anilines is 1. The van der Waals surface area contributed by atoms with Crippen molar-refractivity contribution in [3.05, 3.63) is 71.4 Å². The quantitative estimate of drug-likeness (QED) is 0.393. The van der Waals surface area contributed by atoms with E-state index in [1.165, 1.54) is 6.07 Å². The molecule has 0 aliphatic rings. The maximum atomic E-state index is 13.1. The van der Waals surface area contributed by atoms with Gasteiger partial charge in [0.15, 0.2) is 0 Å². The molecule has 0 fully saturated rings. The average molecular weight is 544 g/mol. The molecule has 0 saturated heterocycles. The third-order valence-electron chi connectivity index (χ3n) is 5.58. The first-order valence-electron chi connectivity index (χ1n) is 11.8. The van der Waals surface area contributed by atoms with Crippen molar-refractivity contribution >= 4 is 33.6 Å². The van der Waals surface area contributed by atoms with Crippen LogP contribution in [0.4, 0.5) is 15.0 Å². The molecule has 0 radical (unpaired) electrons. The van der Waals surface area contributed by atoms with Crippen molar-refractivity contribution in [2.24, 2.45) is 9.50 Å². The first-order chi connectivity index (χ1) is 17.9. The second kappa shape index (κ2) is 12.0. The third kappa shape index (κ3) is 7.29. The Morgan fingerprint density at radius 1 is 1.08 bits per heavy atom. The van der Waals surface area contributed by atoms with E-state index in [0.29, 0.717) is 0 Å². The number of aromatic nitrogens is 3. The van der Waals surface area contributed by atoms with E-state index < -0.39 is 40.1 Å². The van der Waals surface area contributed by atoms with Crippen molar-refractivity contribution in [2.45, 2.75) is 50.8 Å². The normalized spacial score (nSPS) is 12.7. The maximum absolute atomic E-state index is 13.1. The van der Waals surface area contributed by atoms with Gasteiger partial charge in [0.2, 0.25) is 0 Å². The van der Waals surface area contributed by atoms with Crippen molar-refractivity contribution in [1.82, 2.24) is 20.1 Å². The summed E-state index contributed by atoms with van der Waals surface area (Å²) in [7, 11) is -3.68. The number of nitrogens with zero attached hydrogens (tertiary/aromatic N) is 4. The van der Waals surface area contributed by atoms with Crippen LogP contribution >= 0.6 is 0 Å². The molecule has 13 heteroatoms. The van der Waals surface area contributed by atoms with Crippen LogP contribution in [-0.4, -0.2) is 43.4 Å². The first-order valence-corrected chi connectivity index (χ1v) is 13.4. The van der Waals surface area contributed by atoms with Crippen molar-refractivity contribution in [1.29, 1.82) is 0 Å². The highest BCUT2D eigenvalue weighted by molar-refractivity contribution is 7.91. The van der Waals surface area contributed by atoms with E-state index in [1.807, 2.05) is 45.9 Å². The number of nitrogens with two attached hydrogens (primary N) is 1. The van der Waals surface area contributed by atoms with Gasteiger partial charge in [-0.1, -0.05) is 45.9 Å². The topological polar surface area (TPSA) is 161 Å². The molecule has 202 valence electrons. The summed E-state index contributed by atoms with van der Waals surface area (Å²) in [5.74, 6) is -1.46. The largest absolute Gasteiger partial charge is 0.329 e. The fraction of sp³-hybridized carbons (Fsp3) is 0.320. The highest BCUT2D eigenvalue weighted by atomic mass is 32.2. The molecule has 2 heterocycles. The van der Waals surface area contributed by atoms with Gasteiger partial charge in [-0.2, -0.15) is 5.10 Å². The number of carbonyl (C=O) groups excluding carboxylic acids is 3. The lowest BCUT2D eigenvalue weighted by Crippen LogP contribution is -2.35. The lowest BCUT2D eigenvalue weighted by molar-refractivity contribution is -0.117. The second-order valence-electron chi connectivity index (χ2n) is 9.14. The first kappa shape index (κ1) is 28.6. The van der Waals surface area contributed by atoms with Gasteiger partial charge in [-0.3, -0.25) is 14.9 Å².